The Morgan fingerprint density at radius 2 is 1.93 bits per heavy atom. The quantitative estimate of drug-likeness (QED) is 0.789. The highest BCUT2D eigenvalue weighted by Gasteiger charge is 2.36. The van der Waals surface area contributed by atoms with Crippen LogP contribution in [-0.4, -0.2) is 73.7 Å². The first-order chi connectivity index (χ1) is 14.7. The van der Waals surface area contributed by atoms with E-state index >= 15 is 0 Å². The Morgan fingerprint density at radius 3 is 2.77 bits per heavy atom. The molecule has 9 heteroatoms. The van der Waals surface area contributed by atoms with Gasteiger partial charge < -0.3 is 24.6 Å². The molecule has 158 valence electrons. The molecule has 1 unspecified atom stereocenters. The van der Waals surface area contributed by atoms with Crippen LogP contribution in [0, 0.1) is 0 Å². The van der Waals surface area contributed by atoms with Crippen molar-refractivity contribution in [2.75, 3.05) is 50.9 Å². The van der Waals surface area contributed by atoms with Crippen LogP contribution in [0.25, 0.3) is 0 Å². The molecule has 3 aliphatic rings. The number of morpholine rings is 1. The average Bonchev–Trinajstić information content (AvgIpc) is 3.26. The number of amides is 2. The largest absolute Gasteiger partial charge is 0.378 e. The van der Waals surface area contributed by atoms with Gasteiger partial charge in [-0.3, -0.25) is 9.59 Å². The van der Waals surface area contributed by atoms with Gasteiger partial charge in [0.1, 0.15) is 4.88 Å². The van der Waals surface area contributed by atoms with Gasteiger partial charge in [-0.1, -0.05) is 35.6 Å². The SMILES string of the molecule is O=C(NC1CN(C(=O)c2cnc(N3CCOCC3)s2)C1)C1OCCc2ccccc21. The van der Waals surface area contributed by atoms with E-state index in [4.69, 9.17) is 9.47 Å². The zero-order chi connectivity index (χ0) is 20.5. The third-order valence-electron chi connectivity index (χ3n) is 5.73. The van der Waals surface area contributed by atoms with Crippen molar-refractivity contribution in [3.8, 4) is 0 Å². The van der Waals surface area contributed by atoms with Crippen LogP contribution in [0.1, 0.15) is 26.9 Å². The number of hydrogen-bond acceptors (Lipinski definition) is 7. The first-order valence-corrected chi connectivity index (χ1v) is 11.1. The molecule has 4 heterocycles. The van der Waals surface area contributed by atoms with Gasteiger partial charge in [0.15, 0.2) is 11.2 Å². The van der Waals surface area contributed by atoms with E-state index in [2.05, 4.69) is 15.2 Å². The number of ether oxygens (including phenoxy) is 2. The molecule has 0 aliphatic carbocycles. The molecule has 0 bridgehead atoms. The molecule has 2 aromatic rings. The highest BCUT2D eigenvalue weighted by molar-refractivity contribution is 7.17. The smallest absolute Gasteiger partial charge is 0.265 e. The summed E-state index contributed by atoms with van der Waals surface area (Å²) in [7, 11) is 0. The second kappa shape index (κ2) is 8.33. The molecule has 30 heavy (non-hydrogen) atoms. The third kappa shape index (κ3) is 3.80. The number of carbonyl (C=O) groups is 2. The molecule has 8 nitrogen and oxygen atoms in total. The van der Waals surface area contributed by atoms with Crippen LogP contribution in [0.2, 0.25) is 0 Å². The summed E-state index contributed by atoms with van der Waals surface area (Å²) < 4.78 is 11.1. The summed E-state index contributed by atoms with van der Waals surface area (Å²) in [4.78, 5) is 34.4. The lowest BCUT2D eigenvalue weighted by Crippen LogP contribution is -2.61. The number of aromatic nitrogens is 1. The lowest BCUT2D eigenvalue weighted by atomic mass is 9.96. The fourth-order valence-corrected chi connectivity index (χ4v) is 4.98. The fourth-order valence-electron chi connectivity index (χ4n) is 4.04. The van der Waals surface area contributed by atoms with E-state index in [9.17, 15) is 9.59 Å². The fraction of sp³-hybridized carbons (Fsp3) is 0.476. The minimum Gasteiger partial charge on any atom is -0.378 e. The summed E-state index contributed by atoms with van der Waals surface area (Å²) in [5.41, 5.74) is 2.10. The Balaban J connectivity index is 1.15. The molecule has 0 saturated carbocycles. The number of carbonyl (C=O) groups excluding carboxylic acids is 2. The Bertz CT molecular complexity index is 937. The van der Waals surface area contributed by atoms with Crippen LogP contribution in [-0.2, 0) is 20.7 Å². The Kier molecular flexibility index (Phi) is 5.41. The van der Waals surface area contributed by atoms with E-state index in [0.717, 1.165) is 35.8 Å². The second-order valence-corrected chi connectivity index (χ2v) is 8.73. The zero-order valence-corrected chi connectivity index (χ0v) is 17.4. The molecule has 3 aliphatic heterocycles. The van der Waals surface area contributed by atoms with E-state index in [1.807, 2.05) is 24.3 Å². The maximum atomic E-state index is 12.7. The van der Waals surface area contributed by atoms with Crippen molar-refractivity contribution in [2.45, 2.75) is 18.6 Å². The predicted molar refractivity (Wildman–Crippen MR) is 112 cm³/mol. The Morgan fingerprint density at radius 1 is 1.13 bits per heavy atom. The molecule has 1 aromatic heterocycles. The maximum Gasteiger partial charge on any atom is 0.265 e. The number of fused-ring (bicyclic) bond motifs is 1. The van der Waals surface area contributed by atoms with E-state index in [1.165, 1.54) is 11.3 Å². The Hall–Kier alpha value is -2.49. The van der Waals surface area contributed by atoms with Crippen LogP contribution >= 0.6 is 11.3 Å². The number of hydrogen-bond donors (Lipinski definition) is 1. The van der Waals surface area contributed by atoms with Gasteiger partial charge in [0.2, 0.25) is 0 Å². The molecular weight excluding hydrogens is 404 g/mol. The molecule has 1 N–H and O–H groups in total. The molecule has 2 amide bonds. The molecule has 2 fully saturated rings. The number of nitrogens with one attached hydrogen (secondary N) is 1. The number of rotatable bonds is 4. The van der Waals surface area contributed by atoms with Crippen LogP contribution in [0.4, 0.5) is 5.13 Å². The summed E-state index contributed by atoms with van der Waals surface area (Å²) in [5, 5.41) is 3.89. The zero-order valence-electron chi connectivity index (χ0n) is 16.6. The first-order valence-electron chi connectivity index (χ1n) is 10.3. The molecule has 5 rings (SSSR count). The number of nitrogens with zero attached hydrogens (tertiary/aromatic N) is 3. The summed E-state index contributed by atoms with van der Waals surface area (Å²) >= 11 is 1.42. The number of benzene rings is 1. The summed E-state index contributed by atoms with van der Waals surface area (Å²) in [5.74, 6) is -0.164. The van der Waals surface area contributed by atoms with Gasteiger partial charge in [0.25, 0.3) is 11.8 Å². The van der Waals surface area contributed by atoms with Gasteiger partial charge in [0, 0.05) is 26.2 Å². The topological polar surface area (TPSA) is 84.0 Å². The van der Waals surface area contributed by atoms with Crippen molar-refractivity contribution >= 4 is 28.3 Å². The normalized spacial score (nSPS) is 21.7. The Labute approximate surface area is 178 Å². The van der Waals surface area contributed by atoms with Crippen molar-refractivity contribution in [1.29, 1.82) is 0 Å². The first kappa shape index (κ1) is 19.5. The average molecular weight is 429 g/mol. The molecule has 1 aromatic carbocycles. The van der Waals surface area contributed by atoms with Crippen LogP contribution in [0.3, 0.4) is 0 Å². The molecular formula is C21H24N4O4S. The molecule has 1 atom stereocenters. The van der Waals surface area contributed by atoms with Crippen LogP contribution in [0.5, 0.6) is 0 Å². The van der Waals surface area contributed by atoms with Gasteiger partial charge in [-0.15, -0.1) is 0 Å². The van der Waals surface area contributed by atoms with Gasteiger partial charge in [-0.05, 0) is 17.5 Å². The summed E-state index contributed by atoms with van der Waals surface area (Å²) in [6.45, 7) is 4.52. The van der Waals surface area contributed by atoms with Gasteiger partial charge in [0.05, 0.1) is 32.1 Å². The lowest BCUT2D eigenvalue weighted by molar-refractivity contribution is -0.135. The monoisotopic (exact) mass is 428 g/mol. The van der Waals surface area contributed by atoms with Crippen molar-refractivity contribution in [3.63, 3.8) is 0 Å². The maximum absolute atomic E-state index is 12.7. The standard InChI is InChI=1S/C21H24N4O4S/c26-19(18-16-4-2-1-3-14(16)5-8-29-18)23-15-12-25(13-15)20(27)17-11-22-21(30-17)24-6-9-28-10-7-24/h1-4,11,15,18H,5-10,12-13H2,(H,23,26). The molecule has 0 radical (unpaired) electrons. The van der Waals surface area contributed by atoms with E-state index in [-0.39, 0.29) is 17.9 Å². The van der Waals surface area contributed by atoms with Gasteiger partial charge in [-0.2, -0.15) is 0 Å². The van der Waals surface area contributed by atoms with Crippen molar-refractivity contribution in [3.05, 3.63) is 46.5 Å². The highest BCUT2D eigenvalue weighted by Crippen LogP contribution is 2.28. The highest BCUT2D eigenvalue weighted by atomic mass is 32.1. The van der Waals surface area contributed by atoms with Crippen LogP contribution < -0.4 is 10.2 Å². The number of likely N-dealkylation sites (tertiary alicyclic amines) is 1. The summed E-state index contributed by atoms with van der Waals surface area (Å²) in [6, 6.07) is 7.86. The number of thiazole rings is 1. The van der Waals surface area contributed by atoms with E-state index in [0.29, 0.717) is 37.8 Å². The van der Waals surface area contributed by atoms with Gasteiger partial charge in [-0.25, -0.2) is 4.98 Å². The van der Waals surface area contributed by atoms with E-state index < -0.39 is 6.10 Å². The summed E-state index contributed by atoms with van der Waals surface area (Å²) in [6.07, 6.45) is 1.90. The molecule has 2 saturated heterocycles. The van der Waals surface area contributed by atoms with Crippen molar-refractivity contribution in [1.82, 2.24) is 15.2 Å². The minimum atomic E-state index is -0.572. The minimum absolute atomic E-state index is 0.0308. The van der Waals surface area contributed by atoms with E-state index in [1.54, 1.807) is 11.1 Å². The number of anilines is 1. The van der Waals surface area contributed by atoms with Gasteiger partial charge >= 0.3 is 0 Å². The molecule has 0 spiro atoms. The third-order valence-corrected chi connectivity index (χ3v) is 6.78. The second-order valence-electron chi connectivity index (χ2n) is 7.72. The van der Waals surface area contributed by atoms with Crippen molar-refractivity contribution in [2.24, 2.45) is 0 Å². The lowest BCUT2D eigenvalue weighted by Gasteiger charge is -2.40. The van der Waals surface area contributed by atoms with Crippen LogP contribution in [0.15, 0.2) is 30.5 Å². The predicted octanol–water partition coefficient (Wildman–Crippen LogP) is 1.23. The van der Waals surface area contributed by atoms with Crippen molar-refractivity contribution < 1.29 is 19.1 Å².